The van der Waals surface area contributed by atoms with E-state index in [1.54, 1.807) is 28.0 Å². The van der Waals surface area contributed by atoms with E-state index in [9.17, 15) is 14.4 Å². The quantitative estimate of drug-likeness (QED) is 0.858. The van der Waals surface area contributed by atoms with Crippen molar-refractivity contribution in [3.63, 3.8) is 0 Å². The molecule has 7 heteroatoms. The van der Waals surface area contributed by atoms with Crippen LogP contribution in [0.4, 0.5) is 5.69 Å². The highest BCUT2D eigenvalue weighted by atomic mass is 35.5. The van der Waals surface area contributed by atoms with E-state index in [4.69, 9.17) is 11.6 Å². The minimum Gasteiger partial charge on any atom is -0.353 e. The van der Waals surface area contributed by atoms with Crippen LogP contribution in [0.5, 0.6) is 0 Å². The van der Waals surface area contributed by atoms with E-state index >= 15 is 0 Å². The Bertz CT molecular complexity index is 765. The Morgan fingerprint density at radius 1 is 1.11 bits per heavy atom. The monoisotopic (exact) mass is 389 g/mol. The summed E-state index contributed by atoms with van der Waals surface area (Å²) in [7, 11) is 0. The molecule has 0 aromatic heterocycles. The summed E-state index contributed by atoms with van der Waals surface area (Å²) < 4.78 is 0. The van der Waals surface area contributed by atoms with E-state index in [0.717, 1.165) is 31.4 Å². The zero-order valence-corrected chi connectivity index (χ0v) is 16.0. The molecule has 1 N–H and O–H groups in total. The van der Waals surface area contributed by atoms with Gasteiger partial charge in [-0.15, -0.1) is 0 Å². The van der Waals surface area contributed by atoms with Gasteiger partial charge in [-0.05, 0) is 43.9 Å². The molecule has 6 nitrogen and oxygen atoms in total. The number of nitrogens with one attached hydrogen (secondary N) is 1. The third kappa shape index (κ3) is 4.10. The van der Waals surface area contributed by atoms with Crippen molar-refractivity contribution in [1.29, 1.82) is 0 Å². The molecule has 1 aromatic carbocycles. The van der Waals surface area contributed by atoms with E-state index in [0.29, 0.717) is 30.7 Å². The lowest BCUT2D eigenvalue weighted by molar-refractivity contribution is -0.139. The number of benzene rings is 1. The second-order valence-electron chi connectivity index (χ2n) is 7.79. The molecule has 144 valence electrons. The van der Waals surface area contributed by atoms with Gasteiger partial charge in [-0.3, -0.25) is 14.4 Å². The Morgan fingerprint density at radius 3 is 2.67 bits per heavy atom. The average Bonchev–Trinajstić information content (AvgIpc) is 3.40. The molecule has 3 aliphatic rings. The zero-order chi connectivity index (χ0) is 19.0. The fourth-order valence-corrected chi connectivity index (χ4v) is 4.15. The summed E-state index contributed by atoms with van der Waals surface area (Å²) in [4.78, 5) is 41.2. The highest BCUT2D eigenvalue weighted by molar-refractivity contribution is 6.31. The van der Waals surface area contributed by atoms with Crippen LogP contribution in [0.1, 0.15) is 32.1 Å². The first-order chi connectivity index (χ1) is 13.0. The van der Waals surface area contributed by atoms with Gasteiger partial charge < -0.3 is 15.1 Å². The Morgan fingerprint density at radius 2 is 1.93 bits per heavy atom. The van der Waals surface area contributed by atoms with E-state index in [1.165, 1.54) is 0 Å². The van der Waals surface area contributed by atoms with E-state index in [2.05, 4.69) is 5.32 Å². The highest BCUT2D eigenvalue weighted by Gasteiger charge is 2.39. The van der Waals surface area contributed by atoms with Crippen molar-refractivity contribution in [1.82, 2.24) is 10.2 Å². The number of anilines is 1. The third-order valence-electron chi connectivity index (χ3n) is 5.62. The van der Waals surface area contributed by atoms with Gasteiger partial charge in [-0.1, -0.05) is 17.7 Å². The number of amides is 3. The number of rotatable bonds is 4. The molecule has 4 rings (SSSR count). The standard InChI is InChI=1S/C20H24ClN3O3/c21-15-4-1-5-17(10-15)24-12-14(9-18(24)25)20(27)23-8-2-3-13(11-23)19(26)22-16-6-7-16/h1,4-5,10,13-14,16H,2-3,6-9,11-12H2,(H,22,26). The number of hydrogen-bond donors (Lipinski definition) is 1. The van der Waals surface area contributed by atoms with Gasteiger partial charge in [0.1, 0.15) is 0 Å². The van der Waals surface area contributed by atoms with Gasteiger partial charge in [0, 0.05) is 42.8 Å². The number of halogens is 1. The van der Waals surface area contributed by atoms with Gasteiger partial charge >= 0.3 is 0 Å². The number of piperidine rings is 1. The molecule has 2 heterocycles. The Labute approximate surface area is 163 Å². The molecule has 0 radical (unpaired) electrons. The van der Waals surface area contributed by atoms with Crippen LogP contribution in [0, 0.1) is 11.8 Å². The molecule has 1 aromatic rings. The number of likely N-dealkylation sites (tertiary alicyclic amines) is 1. The van der Waals surface area contributed by atoms with Crippen molar-refractivity contribution in [2.24, 2.45) is 11.8 Å². The lowest BCUT2D eigenvalue weighted by atomic mass is 9.95. The van der Waals surface area contributed by atoms with Crippen LogP contribution in [0.2, 0.25) is 5.02 Å². The van der Waals surface area contributed by atoms with E-state index in [1.807, 2.05) is 6.07 Å². The SMILES string of the molecule is O=C(NC1CC1)C1CCCN(C(=O)C2CC(=O)N(c3cccc(Cl)c3)C2)C1. The lowest BCUT2D eigenvalue weighted by Gasteiger charge is -2.33. The van der Waals surface area contributed by atoms with Crippen molar-refractivity contribution in [3.8, 4) is 0 Å². The zero-order valence-electron chi connectivity index (χ0n) is 15.2. The van der Waals surface area contributed by atoms with Gasteiger partial charge in [0.2, 0.25) is 17.7 Å². The molecular weight excluding hydrogens is 366 g/mol. The maximum absolute atomic E-state index is 13.0. The summed E-state index contributed by atoms with van der Waals surface area (Å²) in [5.41, 5.74) is 0.725. The third-order valence-corrected chi connectivity index (χ3v) is 5.86. The molecule has 0 spiro atoms. The highest BCUT2D eigenvalue weighted by Crippen LogP contribution is 2.29. The van der Waals surface area contributed by atoms with Crippen LogP contribution < -0.4 is 10.2 Å². The van der Waals surface area contributed by atoms with Crippen molar-refractivity contribution in [2.75, 3.05) is 24.5 Å². The topological polar surface area (TPSA) is 69.7 Å². The first-order valence-corrected chi connectivity index (χ1v) is 10.0. The molecule has 27 heavy (non-hydrogen) atoms. The van der Waals surface area contributed by atoms with Gasteiger partial charge in [0.05, 0.1) is 11.8 Å². The molecule has 1 aliphatic carbocycles. The number of carbonyl (C=O) groups excluding carboxylic acids is 3. The molecule has 2 saturated heterocycles. The normalized spacial score (nSPS) is 25.6. The van der Waals surface area contributed by atoms with Gasteiger partial charge in [0.25, 0.3) is 0 Å². The van der Waals surface area contributed by atoms with Crippen molar-refractivity contribution < 1.29 is 14.4 Å². The molecular formula is C20H24ClN3O3. The molecule has 2 atom stereocenters. The van der Waals surface area contributed by atoms with Crippen molar-refractivity contribution >= 4 is 35.0 Å². The minimum atomic E-state index is -0.360. The van der Waals surface area contributed by atoms with Crippen LogP contribution in [0.25, 0.3) is 0 Å². The Kier molecular flexibility index (Phi) is 5.08. The molecule has 2 unspecified atom stereocenters. The number of carbonyl (C=O) groups is 3. The van der Waals surface area contributed by atoms with Crippen molar-refractivity contribution in [3.05, 3.63) is 29.3 Å². The maximum Gasteiger partial charge on any atom is 0.228 e. The lowest BCUT2D eigenvalue weighted by Crippen LogP contribution is -2.48. The van der Waals surface area contributed by atoms with Crippen LogP contribution in [-0.4, -0.2) is 48.3 Å². The van der Waals surface area contributed by atoms with Crippen LogP contribution in [-0.2, 0) is 14.4 Å². The van der Waals surface area contributed by atoms with Crippen LogP contribution in [0.15, 0.2) is 24.3 Å². The fraction of sp³-hybridized carbons (Fsp3) is 0.550. The number of nitrogens with zero attached hydrogens (tertiary/aromatic N) is 2. The van der Waals surface area contributed by atoms with Gasteiger partial charge in [0.15, 0.2) is 0 Å². The van der Waals surface area contributed by atoms with Gasteiger partial charge in [-0.2, -0.15) is 0 Å². The molecule has 2 aliphatic heterocycles. The van der Waals surface area contributed by atoms with E-state index < -0.39 is 0 Å². The van der Waals surface area contributed by atoms with Crippen LogP contribution >= 0.6 is 11.6 Å². The predicted molar refractivity (Wildman–Crippen MR) is 102 cm³/mol. The molecule has 3 amide bonds. The number of hydrogen-bond acceptors (Lipinski definition) is 3. The molecule has 1 saturated carbocycles. The summed E-state index contributed by atoms with van der Waals surface area (Å²) in [5, 5.41) is 3.61. The summed E-state index contributed by atoms with van der Waals surface area (Å²) >= 11 is 6.03. The van der Waals surface area contributed by atoms with Crippen LogP contribution in [0.3, 0.4) is 0 Å². The average molecular weight is 390 g/mol. The molecule has 3 fully saturated rings. The summed E-state index contributed by atoms with van der Waals surface area (Å²) in [6, 6.07) is 7.46. The molecule has 0 bridgehead atoms. The maximum atomic E-state index is 13.0. The smallest absolute Gasteiger partial charge is 0.228 e. The largest absolute Gasteiger partial charge is 0.353 e. The summed E-state index contributed by atoms with van der Waals surface area (Å²) in [6.45, 7) is 1.49. The van der Waals surface area contributed by atoms with Gasteiger partial charge in [-0.25, -0.2) is 0 Å². The fourth-order valence-electron chi connectivity index (χ4n) is 3.96. The Hall–Kier alpha value is -2.08. The van der Waals surface area contributed by atoms with Crippen molar-refractivity contribution in [2.45, 2.75) is 38.1 Å². The summed E-state index contributed by atoms with van der Waals surface area (Å²) in [5.74, 6) is -0.503. The first kappa shape index (κ1) is 18.3. The second-order valence-corrected chi connectivity index (χ2v) is 8.23. The minimum absolute atomic E-state index is 0.0169. The summed E-state index contributed by atoms with van der Waals surface area (Å²) in [6.07, 6.45) is 3.98. The first-order valence-electron chi connectivity index (χ1n) is 9.66. The Balaban J connectivity index is 1.39. The second kappa shape index (κ2) is 7.50. The predicted octanol–water partition coefficient (Wildman–Crippen LogP) is 2.21. The van der Waals surface area contributed by atoms with E-state index in [-0.39, 0.29) is 36.0 Å².